The summed E-state index contributed by atoms with van der Waals surface area (Å²) in [4.78, 5) is 4.67. The highest BCUT2D eigenvalue weighted by atomic mass is 15.5. The molecule has 0 amide bonds. The summed E-state index contributed by atoms with van der Waals surface area (Å²) in [5.74, 6) is 1.38. The number of amidine groups is 1. The molecule has 24 heavy (non-hydrogen) atoms. The van der Waals surface area contributed by atoms with Crippen molar-refractivity contribution < 1.29 is 0 Å². The Labute approximate surface area is 145 Å². The van der Waals surface area contributed by atoms with E-state index in [2.05, 4.69) is 41.7 Å². The van der Waals surface area contributed by atoms with E-state index in [4.69, 9.17) is 0 Å². The van der Waals surface area contributed by atoms with E-state index >= 15 is 0 Å². The van der Waals surface area contributed by atoms with Gasteiger partial charge < -0.3 is 5.32 Å². The summed E-state index contributed by atoms with van der Waals surface area (Å²) < 4.78 is 0. The Kier molecular flexibility index (Phi) is 6.79. The van der Waals surface area contributed by atoms with Gasteiger partial charge in [0.15, 0.2) is 5.84 Å². The molecule has 1 aromatic rings. The molecule has 4 heteroatoms. The predicted octanol–water partition coefficient (Wildman–Crippen LogP) is 4.79. The second kappa shape index (κ2) is 9.06. The van der Waals surface area contributed by atoms with Gasteiger partial charge in [0.05, 0.1) is 5.69 Å². The second-order valence-electron chi connectivity index (χ2n) is 6.14. The van der Waals surface area contributed by atoms with Crippen LogP contribution < -0.4 is 10.3 Å². The molecule has 0 radical (unpaired) electrons. The Hall–Kier alpha value is -2.36. The Morgan fingerprint density at radius 3 is 2.58 bits per heavy atom. The highest BCUT2D eigenvalue weighted by Crippen LogP contribution is 2.22. The van der Waals surface area contributed by atoms with Gasteiger partial charge in [-0.1, -0.05) is 50.1 Å². The van der Waals surface area contributed by atoms with Crippen molar-refractivity contribution in [2.24, 2.45) is 10.1 Å². The van der Waals surface area contributed by atoms with Crippen LogP contribution >= 0.6 is 0 Å². The lowest BCUT2D eigenvalue weighted by molar-refractivity contribution is 0.396. The number of aliphatic imine (C=N–C) groups is 1. The van der Waals surface area contributed by atoms with Gasteiger partial charge in [-0.25, -0.2) is 10.0 Å². The second-order valence-corrected chi connectivity index (χ2v) is 6.14. The van der Waals surface area contributed by atoms with Crippen LogP contribution in [0.25, 0.3) is 0 Å². The Morgan fingerprint density at radius 1 is 1.25 bits per heavy atom. The molecule has 1 aliphatic rings. The van der Waals surface area contributed by atoms with Crippen LogP contribution in [-0.4, -0.2) is 18.6 Å². The van der Waals surface area contributed by atoms with Gasteiger partial charge in [-0.3, -0.25) is 0 Å². The summed E-state index contributed by atoms with van der Waals surface area (Å²) in [6, 6.07) is 8.54. The number of hydrogen-bond acceptors (Lipinski definition) is 3. The number of aryl methyl sites for hydroxylation is 1. The lowest BCUT2D eigenvalue weighted by Gasteiger charge is -2.25. The molecule has 1 aromatic carbocycles. The molecule has 1 fully saturated rings. The fourth-order valence-electron chi connectivity index (χ4n) is 3.03. The fourth-order valence-corrected chi connectivity index (χ4v) is 3.03. The van der Waals surface area contributed by atoms with Crippen molar-refractivity contribution in [3.05, 3.63) is 54.4 Å². The number of para-hydroxylation sites is 1. The first-order valence-electron chi connectivity index (χ1n) is 8.65. The van der Waals surface area contributed by atoms with Crippen LogP contribution in [-0.2, 0) is 0 Å². The third kappa shape index (κ3) is 4.82. The van der Waals surface area contributed by atoms with Crippen LogP contribution in [0.15, 0.2) is 58.9 Å². The van der Waals surface area contributed by atoms with Gasteiger partial charge in [-0.15, -0.1) is 0 Å². The predicted molar refractivity (Wildman–Crippen MR) is 105 cm³/mol. The Bertz CT molecular complexity index is 624. The average molecular weight is 324 g/mol. The zero-order valence-corrected chi connectivity index (χ0v) is 14.8. The third-order valence-corrected chi connectivity index (χ3v) is 4.24. The molecule has 1 saturated carbocycles. The number of nitrogens with one attached hydrogen (secondary N) is 1. The molecular formula is C20H28N4. The first-order valence-corrected chi connectivity index (χ1v) is 8.65. The number of anilines is 1. The van der Waals surface area contributed by atoms with Gasteiger partial charge >= 0.3 is 0 Å². The molecule has 2 rings (SSSR count). The zero-order chi connectivity index (χ0) is 17.4. The molecule has 1 aliphatic carbocycles. The summed E-state index contributed by atoms with van der Waals surface area (Å²) in [6.45, 7) is 11.8. The number of hydrazone groups is 1. The maximum atomic E-state index is 4.67. The minimum absolute atomic E-state index is 0.477. The van der Waals surface area contributed by atoms with E-state index in [0.717, 1.165) is 11.3 Å². The Balaban J connectivity index is 2.21. The summed E-state index contributed by atoms with van der Waals surface area (Å²) in [5, 5.41) is 9.37. The van der Waals surface area contributed by atoms with Crippen molar-refractivity contribution in [2.45, 2.75) is 52.0 Å². The van der Waals surface area contributed by atoms with Crippen LogP contribution in [0.5, 0.6) is 0 Å². The normalized spacial score (nSPS) is 16.2. The lowest BCUT2D eigenvalue weighted by Crippen LogP contribution is -2.31. The van der Waals surface area contributed by atoms with Gasteiger partial charge in [0.2, 0.25) is 0 Å². The van der Waals surface area contributed by atoms with E-state index in [1.54, 1.807) is 5.01 Å². The Morgan fingerprint density at radius 2 is 1.96 bits per heavy atom. The topological polar surface area (TPSA) is 40.0 Å². The summed E-state index contributed by atoms with van der Waals surface area (Å²) in [5.41, 5.74) is 2.09. The first-order chi connectivity index (χ1) is 11.7. The summed E-state index contributed by atoms with van der Waals surface area (Å²) in [7, 11) is 0. The third-order valence-electron chi connectivity index (χ3n) is 4.24. The minimum atomic E-state index is 0.477. The van der Waals surface area contributed by atoms with Crippen molar-refractivity contribution in [2.75, 3.05) is 5.01 Å². The molecule has 1 N–H and O–H groups in total. The number of nitrogens with zero attached hydrogens (tertiary/aromatic N) is 3. The van der Waals surface area contributed by atoms with E-state index in [1.165, 1.54) is 32.1 Å². The van der Waals surface area contributed by atoms with Crippen molar-refractivity contribution in [1.29, 1.82) is 0 Å². The molecule has 0 atom stereocenters. The maximum absolute atomic E-state index is 4.67. The van der Waals surface area contributed by atoms with Crippen LogP contribution in [0.3, 0.4) is 0 Å². The smallest absolute Gasteiger partial charge is 0.156 e. The molecule has 4 nitrogen and oxygen atoms in total. The van der Waals surface area contributed by atoms with Gasteiger partial charge in [-0.05, 0) is 44.4 Å². The molecular weight excluding hydrogens is 296 g/mol. The van der Waals surface area contributed by atoms with Crippen molar-refractivity contribution in [3.8, 4) is 0 Å². The molecule has 0 spiro atoms. The van der Waals surface area contributed by atoms with E-state index in [1.807, 2.05) is 37.3 Å². The SMILES string of the molecule is C=NN(C(/C=C\C)=N/C(=C)NC1CCCCC1)c1ccccc1C. The number of allylic oxidation sites excluding steroid dienone is 1. The van der Waals surface area contributed by atoms with Crippen molar-refractivity contribution in [1.82, 2.24) is 5.32 Å². The zero-order valence-electron chi connectivity index (χ0n) is 14.8. The average Bonchev–Trinajstić information content (AvgIpc) is 2.58. The molecule has 0 aromatic heterocycles. The highest BCUT2D eigenvalue weighted by Gasteiger charge is 2.15. The van der Waals surface area contributed by atoms with E-state index in [0.29, 0.717) is 17.7 Å². The molecule has 0 aliphatic heterocycles. The number of hydrogen-bond donors (Lipinski definition) is 1. The fraction of sp³-hybridized carbons (Fsp3) is 0.400. The number of rotatable bonds is 6. The molecule has 0 bridgehead atoms. The molecule has 0 saturated heterocycles. The lowest BCUT2D eigenvalue weighted by atomic mass is 9.96. The summed E-state index contributed by atoms with van der Waals surface area (Å²) >= 11 is 0. The van der Waals surface area contributed by atoms with E-state index in [-0.39, 0.29) is 0 Å². The largest absolute Gasteiger partial charge is 0.368 e. The highest BCUT2D eigenvalue weighted by molar-refractivity contribution is 6.06. The molecule has 128 valence electrons. The molecule has 0 heterocycles. The van der Waals surface area contributed by atoms with Crippen LogP contribution in [0, 0.1) is 6.92 Å². The van der Waals surface area contributed by atoms with Crippen LogP contribution in [0.2, 0.25) is 0 Å². The monoisotopic (exact) mass is 324 g/mol. The van der Waals surface area contributed by atoms with Crippen LogP contribution in [0.1, 0.15) is 44.6 Å². The minimum Gasteiger partial charge on any atom is -0.368 e. The van der Waals surface area contributed by atoms with Gasteiger partial charge in [-0.2, -0.15) is 5.10 Å². The van der Waals surface area contributed by atoms with E-state index < -0.39 is 0 Å². The first kappa shape index (κ1) is 18.0. The van der Waals surface area contributed by atoms with Gasteiger partial charge in [0.1, 0.15) is 5.82 Å². The van der Waals surface area contributed by atoms with Crippen LogP contribution in [0.4, 0.5) is 5.69 Å². The van der Waals surface area contributed by atoms with Gasteiger partial charge in [0, 0.05) is 12.8 Å². The van der Waals surface area contributed by atoms with Crippen molar-refractivity contribution in [3.63, 3.8) is 0 Å². The van der Waals surface area contributed by atoms with Crippen molar-refractivity contribution >= 4 is 18.2 Å². The standard InChI is InChI=1S/C20H28N4/c1-5-11-20(23-17(3)22-18-13-7-6-8-14-18)24(21-4)19-15-10-9-12-16(19)2/h5,9-12,15,18,22H,3-4,6-8,13-14H2,1-2H3/b11-5-,23-20+. The maximum Gasteiger partial charge on any atom is 0.156 e. The summed E-state index contributed by atoms with van der Waals surface area (Å²) in [6.07, 6.45) is 10.1. The van der Waals surface area contributed by atoms with Gasteiger partial charge in [0.25, 0.3) is 0 Å². The van der Waals surface area contributed by atoms with E-state index in [9.17, 15) is 0 Å². The quantitative estimate of drug-likeness (QED) is 0.464. The molecule has 0 unspecified atom stereocenters. The number of benzene rings is 1.